The van der Waals surface area contributed by atoms with Crippen LogP contribution < -0.4 is 31.0 Å². The molecule has 0 aliphatic heterocycles. The van der Waals surface area contributed by atoms with E-state index >= 15 is 0 Å². The van der Waals surface area contributed by atoms with E-state index in [0.717, 1.165) is 28.7 Å². The fourth-order valence-corrected chi connectivity index (χ4v) is 3.71. The van der Waals surface area contributed by atoms with Gasteiger partial charge in [0, 0.05) is 28.8 Å². The van der Waals surface area contributed by atoms with Gasteiger partial charge in [0.2, 0.25) is 0 Å². The molecule has 4 nitrogen and oxygen atoms in total. The van der Waals surface area contributed by atoms with Crippen LogP contribution in [-0.4, -0.2) is 20.0 Å². The predicted molar refractivity (Wildman–Crippen MR) is 112 cm³/mol. The van der Waals surface area contributed by atoms with E-state index < -0.39 is 0 Å². The zero-order valence-electron chi connectivity index (χ0n) is 17.4. The van der Waals surface area contributed by atoms with Crippen molar-refractivity contribution < 1.29 is 40.2 Å². The number of rotatable bonds is 5. The lowest BCUT2D eigenvalue weighted by Gasteiger charge is -2.20. The molecule has 1 aromatic heterocycles. The van der Waals surface area contributed by atoms with Crippen LogP contribution in [0, 0.1) is 5.82 Å². The van der Waals surface area contributed by atoms with Crippen LogP contribution in [0.4, 0.5) is 4.39 Å². The lowest BCUT2D eigenvalue weighted by atomic mass is 9.85. The molecule has 0 atom stereocenters. The van der Waals surface area contributed by atoms with Gasteiger partial charge in [0.15, 0.2) is 36.2 Å². The number of benzene rings is 2. The number of Topliss-reactive ketones (excluding diaryl/α,β-unsaturated/α-hetero) is 1. The maximum atomic E-state index is 13.1. The number of fused-ring (bicyclic) bond motifs is 1. The van der Waals surface area contributed by atoms with E-state index in [1.54, 1.807) is 32.4 Å². The summed E-state index contributed by atoms with van der Waals surface area (Å²) in [7, 11) is 3.16. The summed E-state index contributed by atoms with van der Waals surface area (Å²) in [5, 5.41) is 0. The summed E-state index contributed by atoms with van der Waals surface area (Å²) in [6.45, 7) is 0.658. The van der Waals surface area contributed by atoms with E-state index in [1.807, 2.05) is 41.2 Å². The molecule has 0 saturated carbocycles. The molecule has 1 aliphatic carbocycles. The van der Waals surface area contributed by atoms with Gasteiger partial charge in [0.05, 0.1) is 14.2 Å². The number of pyridine rings is 1. The first-order valence-electron chi connectivity index (χ1n) is 9.81. The Morgan fingerprint density at radius 2 is 1.61 bits per heavy atom. The number of allylic oxidation sites excluding steroid dienone is 1. The molecule has 1 heterocycles. The van der Waals surface area contributed by atoms with Gasteiger partial charge in [-0.1, -0.05) is 0 Å². The van der Waals surface area contributed by atoms with Crippen molar-refractivity contribution in [1.29, 1.82) is 0 Å². The largest absolute Gasteiger partial charge is 1.00 e. The third kappa shape index (κ3) is 5.02. The zero-order valence-corrected chi connectivity index (χ0v) is 19.0. The van der Waals surface area contributed by atoms with Crippen molar-refractivity contribution >= 4 is 11.9 Å². The molecular weight excluding hydrogens is 461 g/mol. The summed E-state index contributed by atoms with van der Waals surface area (Å²) in [5.41, 5.74) is 4.44. The van der Waals surface area contributed by atoms with Crippen molar-refractivity contribution in [2.45, 2.75) is 19.4 Å². The van der Waals surface area contributed by atoms with Crippen LogP contribution in [0.3, 0.4) is 0 Å². The first-order chi connectivity index (χ1) is 14.6. The Labute approximate surface area is 191 Å². The number of ketones is 1. The molecule has 3 aromatic rings. The maximum Gasteiger partial charge on any atom is 0.189 e. The second-order valence-corrected chi connectivity index (χ2v) is 7.29. The van der Waals surface area contributed by atoms with Gasteiger partial charge < -0.3 is 26.5 Å². The Hall–Kier alpha value is -2.99. The van der Waals surface area contributed by atoms with Crippen molar-refractivity contribution in [3.05, 3.63) is 94.6 Å². The third-order valence-corrected chi connectivity index (χ3v) is 5.35. The fourth-order valence-electron chi connectivity index (χ4n) is 3.71. The Morgan fingerprint density at radius 1 is 0.968 bits per heavy atom. The lowest BCUT2D eigenvalue weighted by Crippen LogP contribution is -3.00. The number of ether oxygens (including phenoxy) is 2. The highest BCUT2D eigenvalue weighted by molar-refractivity contribution is 6.13. The Kier molecular flexibility index (Phi) is 7.23. The Morgan fingerprint density at radius 3 is 2.26 bits per heavy atom. The number of aryl methyl sites for hydroxylation is 1. The van der Waals surface area contributed by atoms with Gasteiger partial charge in [-0.05, 0) is 66.4 Å². The SMILES string of the molecule is COc1cc2c(cc1OC)C(=O)C(=Cc1cc[n+](Cc3ccc(F)cc3)cc1)CC2.[Br-]. The van der Waals surface area contributed by atoms with Crippen molar-refractivity contribution in [2.24, 2.45) is 0 Å². The molecule has 0 radical (unpaired) electrons. The Balaban J connectivity index is 0.00000272. The quantitative estimate of drug-likeness (QED) is 0.406. The molecule has 0 unspecified atom stereocenters. The summed E-state index contributed by atoms with van der Waals surface area (Å²) in [4.78, 5) is 13.0. The van der Waals surface area contributed by atoms with Gasteiger partial charge in [-0.3, -0.25) is 4.79 Å². The summed E-state index contributed by atoms with van der Waals surface area (Å²) < 4.78 is 25.8. The third-order valence-electron chi connectivity index (χ3n) is 5.35. The van der Waals surface area contributed by atoms with E-state index in [4.69, 9.17) is 9.47 Å². The van der Waals surface area contributed by atoms with Gasteiger partial charge in [-0.25, -0.2) is 8.96 Å². The molecule has 0 bridgehead atoms. The number of carbonyl (C=O) groups is 1. The zero-order chi connectivity index (χ0) is 21.1. The van der Waals surface area contributed by atoms with Gasteiger partial charge in [-0.15, -0.1) is 0 Å². The number of halogens is 2. The van der Waals surface area contributed by atoms with Crippen molar-refractivity contribution in [3.8, 4) is 11.5 Å². The van der Waals surface area contributed by atoms with E-state index in [1.165, 1.54) is 12.1 Å². The minimum absolute atomic E-state index is 0. The van der Waals surface area contributed by atoms with Gasteiger partial charge in [0.25, 0.3) is 0 Å². The molecule has 4 rings (SSSR count). The van der Waals surface area contributed by atoms with E-state index in [2.05, 4.69) is 0 Å². The highest BCUT2D eigenvalue weighted by atomic mass is 79.9. The van der Waals surface area contributed by atoms with Gasteiger partial charge >= 0.3 is 0 Å². The molecule has 0 amide bonds. The number of methoxy groups -OCH3 is 2. The number of carbonyl (C=O) groups excluding carboxylic acids is 1. The average molecular weight is 484 g/mol. The molecule has 2 aromatic carbocycles. The van der Waals surface area contributed by atoms with Crippen LogP contribution in [0.2, 0.25) is 0 Å². The molecule has 0 spiro atoms. The number of hydrogen-bond acceptors (Lipinski definition) is 3. The van der Waals surface area contributed by atoms with Gasteiger partial charge in [-0.2, -0.15) is 0 Å². The number of aromatic nitrogens is 1. The average Bonchev–Trinajstić information content (AvgIpc) is 2.77. The minimum atomic E-state index is -0.236. The number of nitrogens with zero attached hydrogens (tertiary/aromatic N) is 1. The Bertz CT molecular complexity index is 1110. The minimum Gasteiger partial charge on any atom is -1.00 e. The van der Waals surface area contributed by atoms with Crippen LogP contribution in [0.25, 0.3) is 6.08 Å². The highest BCUT2D eigenvalue weighted by Gasteiger charge is 2.24. The summed E-state index contributed by atoms with van der Waals surface area (Å²) in [6, 6.07) is 14.1. The maximum absolute atomic E-state index is 13.1. The molecule has 160 valence electrons. The lowest BCUT2D eigenvalue weighted by molar-refractivity contribution is -0.688. The topological polar surface area (TPSA) is 39.4 Å². The van der Waals surface area contributed by atoms with Crippen molar-refractivity contribution in [1.82, 2.24) is 0 Å². The summed E-state index contributed by atoms with van der Waals surface area (Å²) in [6.07, 6.45) is 7.34. The first kappa shape index (κ1) is 22.7. The van der Waals surface area contributed by atoms with Crippen molar-refractivity contribution in [3.63, 3.8) is 0 Å². The first-order valence-corrected chi connectivity index (χ1v) is 9.81. The van der Waals surface area contributed by atoms with Crippen LogP contribution in [0.1, 0.15) is 33.5 Å². The van der Waals surface area contributed by atoms with Crippen LogP contribution in [0.5, 0.6) is 11.5 Å². The molecule has 1 aliphatic rings. The smallest absolute Gasteiger partial charge is 0.189 e. The van der Waals surface area contributed by atoms with E-state index in [-0.39, 0.29) is 28.6 Å². The van der Waals surface area contributed by atoms with Crippen LogP contribution in [-0.2, 0) is 13.0 Å². The molecule has 0 fully saturated rings. The molecule has 31 heavy (non-hydrogen) atoms. The monoisotopic (exact) mass is 483 g/mol. The van der Waals surface area contributed by atoms with Crippen molar-refractivity contribution in [2.75, 3.05) is 14.2 Å². The molecule has 0 N–H and O–H groups in total. The molecule has 0 saturated heterocycles. The fraction of sp³-hybridized carbons (Fsp3) is 0.200. The molecular formula is C25H23BrFNO3. The standard InChI is InChI=1S/C25H23FNO3.BrH/c1-29-23-14-19-5-6-20(25(28)22(19)15-24(23)30-2)13-17-9-11-27(12-10-17)16-18-3-7-21(26)8-4-18;/h3-4,7-15H,5-6,16H2,1-2H3;1H/q+1;/p-1. The predicted octanol–water partition coefficient (Wildman–Crippen LogP) is 1.40. The number of hydrogen-bond donors (Lipinski definition) is 0. The van der Waals surface area contributed by atoms with E-state index in [0.29, 0.717) is 30.0 Å². The van der Waals surface area contributed by atoms with Crippen LogP contribution in [0.15, 0.2) is 66.5 Å². The van der Waals surface area contributed by atoms with Crippen LogP contribution >= 0.6 is 0 Å². The molecule has 6 heteroatoms. The van der Waals surface area contributed by atoms with Gasteiger partial charge in [0.1, 0.15) is 5.82 Å². The second-order valence-electron chi connectivity index (χ2n) is 7.29. The highest BCUT2D eigenvalue weighted by Crippen LogP contribution is 2.35. The van der Waals surface area contributed by atoms with E-state index in [9.17, 15) is 9.18 Å². The normalized spacial score (nSPS) is 14.0. The summed E-state index contributed by atoms with van der Waals surface area (Å²) in [5.74, 6) is 0.999. The second kappa shape index (κ2) is 9.88. The summed E-state index contributed by atoms with van der Waals surface area (Å²) >= 11 is 0.